The zero-order valence-electron chi connectivity index (χ0n) is 11.6. The Balaban J connectivity index is 1.96. The average Bonchev–Trinajstić information content (AvgIpc) is 2.54. The minimum atomic E-state index is -0.246. The van der Waals surface area contributed by atoms with Crippen LogP contribution in [0.4, 0.5) is 0 Å². The predicted octanol–water partition coefficient (Wildman–Crippen LogP) is 3.90. The van der Waals surface area contributed by atoms with Crippen LogP contribution in [0.5, 0.6) is 5.75 Å². The highest BCUT2D eigenvalue weighted by Gasteiger charge is 2.10. The van der Waals surface area contributed by atoms with E-state index in [0.717, 1.165) is 4.47 Å². The highest BCUT2D eigenvalue weighted by atomic mass is 79.9. The van der Waals surface area contributed by atoms with Crippen molar-refractivity contribution in [2.24, 2.45) is 0 Å². The van der Waals surface area contributed by atoms with Gasteiger partial charge >= 0.3 is 0 Å². The summed E-state index contributed by atoms with van der Waals surface area (Å²) in [5.41, 5.74) is 0.744. The number of aromatic nitrogens is 2. The molecule has 1 aromatic heterocycles. The number of benzene rings is 2. The summed E-state index contributed by atoms with van der Waals surface area (Å²) in [7, 11) is 0. The third kappa shape index (κ3) is 3.28. The predicted molar refractivity (Wildman–Crippen MR) is 93.3 cm³/mol. The second-order valence-electron chi connectivity index (χ2n) is 4.69. The quantitative estimate of drug-likeness (QED) is 0.677. The fourth-order valence-electron chi connectivity index (χ4n) is 2.11. The molecule has 0 spiro atoms. The summed E-state index contributed by atoms with van der Waals surface area (Å²) in [6, 6.07) is 12.5. The van der Waals surface area contributed by atoms with Crippen molar-refractivity contribution < 1.29 is 4.74 Å². The van der Waals surface area contributed by atoms with Crippen molar-refractivity contribution in [1.82, 2.24) is 9.97 Å². The van der Waals surface area contributed by atoms with Crippen LogP contribution < -0.4 is 10.3 Å². The molecule has 23 heavy (non-hydrogen) atoms. The first-order valence-corrected chi connectivity index (χ1v) is 8.17. The number of nitrogens with one attached hydrogen (secondary N) is 1. The third-order valence-electron chi connectivity index (χ3n) is 3.15. The molecule has 0 radical (unpaired) electrons. The summed E-state index contributed by atoms with van der Waals surface area (Å²) >= 11 is 6.75. The SMILES string of the molecule is N#Cc1ccccc1OCc1nc2c(Br)cc(Br)cc2c(=O)[nH]1. The van der Waals surface area contributed by atoms with E-state index in [2.05, 4.69) is 47.9 Å². The lowest BCUT2D eigenvalue weighted by molar-refractivity contribution is 0.295. The van der Waals surface area contributed by atoms with Crippen molar-refractivity contribution >= 4 is 42.8 Å². The van der Waals surface area contributed by atoms with Crippen LogP contribution in [0.15, 0.2) is 50.1 Å². The third-order valence-corrected chi connectivity index (χ3v) is 4.21. The molecule has 0 aliphatic heterocycles. The highest BCUT2D eigenvalue weighted by Crippen LogP contribution is 2.25. The fraction of sp³-hybridized carbons (Fsp3) is 0.0625. The molecule has 0 saturated heterocycles. The minimum Gasteiger partial charge on any atom is -0.484 e. The average molecular weight is 435 g/mol. The number of H-pyrrole nitrogens is 1. The molecule has 3 aromatic rings. The Morgan fingerprint density at radius 2 is 2.04 bits per heavy atom. The van der Waals surface area contributed by atoms with Crippen molar-refractivity contribution in [3.05, 3.63) is 67.1 Å². The molecule has 1 heterocycles. The Kier molecular flexibility index (Phi) is 4.46. The molecule has 0 bridgehead atoms. The number of ether oxygens (including phenoxy) is 1. The Morgan fingerprint density at radius 3 is 2.83 bits per heavy atom. The zero-order valence-corrected chi connectivity index (χ0v) is 14.8. The van der Waals surface area contributed by atoms with E-state index < -0.39 is 0 Å². The lowest BCUT2D eigenvalue weighted by Gasteiger charge is -2.08. The first kappa shape index (κ1) is 15.7. The lowest BCUT2D eigenvalue weighted by Crippen LogP contribution is -2.14. The largest absolute Gasteiger partial charge is 0.484 e. The van der Waals surface area contributed by atoms with Gasteiger partial charge < -0.3 is 9.72 Å². The van der Waals surface area contributed by atoms with Gasteiger partial charge in [0.1, 0.15) is 24.3 Å². The number of nitrogens with zero attached hydrogens (tertiary/aromatic N) is 2. The van der Waals surface area contributed by atoms with Gasteiger partial charge in [-0.15, -0.1) is 0 Å². The molecule has 0 aliphatic carbocycles. The Hall–Kier alpha value is -2.17. The van der Waals surface area contributed by atoms with Crippen LogP contribution in [0.25, 0.3) is 10.9 Å². The van der Waals surface area contributed by atoms with Crippen LogP contribution in [-0.4, -0.2) is 9.97 Å². The molecule has 3 rings (SSSR count). The smallest absolute Gasteiger partial charge is 0.258 e. The van der Waals surface area contributed by atoms with Crippen LogP contribution in [0, 0.1) is 11.3 Å². The molecule has 0 saturated carbocycles. The van der Waals surface area contributed by atoms with Gasteiger partial charge in [0, 0.05) is 8.95 Å². The molecule has 1 N–H and O–H groups in total. The van der Waals surface area contributed by atoms with E-state index in [1.165, 1.54) is 0 Å². The molecule has 0 aliphatic rings. The second kappa shape index (κ2) is 6.52. The van der Waals surface area contributed by atoms with Crippen molar-refractivity contribution in [2.45, 2.75) is 6.61 Å². The van der Waals surface area contributed by atoms with E-state index in [9.17, 15) is 4.79 Å². The van der Waals surface area contributed by atoms with Gasteiger partial charge in [-0.1, -0.05) is 28.1 Å². The van der Waals surface area contributed by atoms with Gasteiger partial charge in [-0.3, -0.25) is 4.79 Å². The van der Waals surface area contributed by atoms with E-state index in [4.69, 9.17) is 10.00 Å². The van der Waals surface area contributed by atoms with Gasteiger partial charge in [0.05, 0.1) is 16.5 Å². The van der Waals surface area contributed by atoms with Crippen LogP contribution >= 0.6 is 31.9 Å². The summed E-state index contributed by atoms with van der Waals surface area (Å²) < 4.78 is 7.10. The van der Waals surface area contributed by atoms with Gasteiger partial charge in [0.2, 0.25) is 0 Å². The Labute approximate surface area is 148 Å². The molecule has 5 nitrogen and oxygen atoms in total. The van der Waals surface area contributed by atoms with E-state index >= 15 is 0 Å². The maximum absolute atomic E-state index is 12.2. The second-order valence-corrected chi connectivity index (χ2v) is 6.46. The van der Waals surface area contributed by atoms with E-state index in [1.807, 2.05) is 6.07 Å². The first-order chi connectivity index (χ1) is 11.1. The maximum atomic E-state index is 12.2. The number of hydrogen-bond donors (Lipinski definition) is 1. The molecular weight excluding hydrogens is 426 g/mol. The number of halogens is 2. The van der Waals surface area contributed by atoms with Gasteiger partial charge in [-0.25, -0.2) is 4.98 Å². The number of nitriles is 1. The van der Waals surface area contributed by atoms with E-state index in [0.29, 0.717) is 32.5 Å². The van der Waals surface area contributed by atoms with E-state index in [1.54, 1.807) is 30.3 Å². The van der Waals surface area contributed by atoms with E-state index in [-0.39, 0.29) is 12.2 Å². The molecule has 7 heteroatoms. The first-order valence-electron chi connectivity index (χ1n) is 6.58. The van der Waals surface area contributed by atoms with Crippen molar-refractivity contribution in [3.63, 3.8) is 0 Å². The van der Waals surface area contributed by atoms with Crippen molar-refractivity contribution in [3.8, 4) is 11.8 Å². The molecule has 2 aromatic carbocycles. The van der Waals surface area contributed by atoms with Crippen LogP contribution in [0.1, 0.15) is 11.4 Å². The Morgan fingerprint density at radius 1 is 1.26 bits per heavy atom. The molecule has 0 atom stereocenters. The highest BCUT2D eigenvalue weighted by molar-refractivity contribution is 9.11. The van der Waals surface area contributed by atoms with Crippen LogP contribution in [0.3, 0.4) is 0 Å². The summed E-state index contributed by atoms with van der Waals surface area (Å²) in [4.78, 5) is 19.3. The fourth-order valence-corrected chi connectivity index (χ4v) is 3.43. The van der Waals surface area contributed by atoms with Crippen molar-refractivity contribution in [2.75, 3.05) is 0 Å². The molecule has 0 fully saturated rings. The zero-order chi connectivity index (χ0) is 16.4. The molecule has 0 amide bonds. The minimum absolute atomic E-state index is 0.0619. The summed E-state index contributed by atoms with van der Waals surface area (Å²) in [5.74, 6) is 0.839. The number of para-hydroxylation sites is 1. The topological polar surface area (TPSA) is 78.8 Å². The standard InChI is InChI=1S/C16H9Br2N3O2/c17-10-5-11-15(12(18)6-10)20-14(21-16(11)22)8-23-13-4-2-1-3-9(13)7-19/h1-6H,8H2,(H,20,21,22). The monoisotopic (exact) mass is 433 g/mol. The summed E-state index contributed by atoms with van der Waals surface area (Å²) in [6.45, 7) is 0.0619. The number of fused-ring (bicyclic) bond motifs is 1. The van der Waals surface area contributed by atoms with Crippen LogP contribution in [-0.2, 0) is 6.61 Å². The van der Waals surface area contributed by atoms with Crippen LogP contribution in [0.2, 0.25) is 0 Å². The number of aromatic amines is 1. The number of hydrogen-bond acceptors (Lipinski definition) is 4. The molecular formula is C16H9Br2N3O2. The molecule has 114 valence electrons. The van der Waals surface area contributed by atoms with Gasteiger partial charge in [0.25, 0.3) is 5.56 Å². The van der Waals surface area contributed by atoms with Gasteiger partial charge in [0.15, 0.2) is 0 Å². The number of rotatable bonds is 3. The van der Waals surface area contributed by atoms with Crippen molar-refractivity contribution in [1.29, 1.82) is 5.26 Å². The maximum Gasteiger partial charge on any atom is 0.258 e. The lowest BCUT2D eigenvalue weighted by atomic mass is 10.2. The normalized spacial score (nSPS) is 10.5. The van der Waals surface area contributed by atoms with Gasteiger partial charge in [-0.05, 0) is 40.2 Å². The summed E-state index contributed by atoms with van der Waals surface area (Å²) in [6.07, 6.45) is 0. The molecule has 0 unspecified atom stereocenters. The summed E-state index contributed by atoms with van der Waals surface area (Å²) in [5, 5.41) is 9.53. The van der Waals surface area contributed by atoms with Gasteiger partial charge in [-0.2, -0.15) is 5.26 Å². The Bertz CT molecular complexity index is 993.